The molecule has 6 nitrogen and oxygen atoms in total. The second-order valence-electron chi connectivity index (χ2n) is 7.85. The van der Waals surface area contributed by atoms with Gasteiger partial charge in [-0.2, -0.15) is 0 Å². The van der Waals surface area contributed by atoms with Crippen LogP contribution >= 0.6 is 0 Å². The Morgan fingerprint density at radius 3 is 2.17 bits per heavy atom. The maximum absolute atomic E-state index is 12.8. The normalized spacial score (nSPS) is 16.6. The topological polar surface area (TPSA) is 55.9 Å². The van der Waals surface area contributed by atoms with Crippen LogP contribution in [0.1, 0.15) is 22.0 Å². The van der Waals surface area contributed by atoms with Crippen molar-refractivity contribution in [2.75, 3.05) is 59.2 Å². The van der Waals surface area contributed by atoms with Gasteiger partial charge in [0.25, 0.3) is 0 Å². The molecule has 154 valence electrons. The highest BCUT2D eigenvalue weighted by molar-refractivity contribution is 5.99. The molecule has 1 heterocycles. The van der Waals surface area contributed by atoms with E-state index in [1.165, 1.54) is 0 Å². The van der Waals surface area contributed by atoms with Crippen LogP contribution in [0, 0.1) is 0 Å². The van der Waals surface area contributed by atoms with Gasteiger partial charge in [-0.25, -0.2) is 0 Å². The van der Waals surface area contributed by atoms with Crippen LogP contribution in [0.25, 0.3) is 0 Å². The van der Waals surface area contributed by atoms with E-state index < -0.39 is 0 Å². The predicted octanol–water partition coefficient (Wildman–Crippen LogP) is 2.36. The van der Waals surface area contributed by atoms with E-state index in [0.29, 0.717) is 17.8 Å². The fraction of sp³-hybridized carbons (Fsp3) is 0.391. The summed E-state index contributed by atoms with van der Waals surface area (Å²) >= 11 is 0. The van der Waals surface area contributed by atoms with E-state index in [-0.39, 0.29) is 17.7 Å². The van der Waals surface area contributed by atoms with E-state index in [9.17, 15) is 9.59 Å². The molecule has 0 radical (unpaired) electrons. The lowest BCUT2D eigenvalue weighted by Gasteiger charge is -2.31. The van der Waals surface area contributed by atoms with E-state index >= 15 is 0 Å². The Morgan fingerprint density at radius 1 is 0.966 bits per heavy atom. The summed E-state index contributed by atoms with van der Waals surface area (Å²) in [5, 5.41) is 2.97. The Balaban J connectivity index is 1.60. The third kappa shape index (κ3) is 5.73. The van der Waals surface area contributed by atoms with Crippen molar-refractivity contribution in [2.45, 2.75) is 6.04 Å². The van der Waals surface area contributed by atoms with Crippen LogP contribution in [0.15, 0.2) is 54.6 Å². The number of benzene rings is 2. The zero-order chi connectivity index (χ0) is 20.8. The highest BCUT2D eigenvalue weighted by atomic mass is 16.2. The van der Waals surface area contributed by atoms with Gasteiger partial charge in [0.15, 0.2) is 5.78 Å². The van der Waals surface area contributed by atoms with E-state index in [4.69, 9.17) is 0 Å². The first kappa shape index (κ1) is 21.2. The van der Waals surface area contributed by atoms with Gasteiger partial charge >= 0.3 is 0 Å². The number of carbonyl (C=O) groups excluding carboxylic acids is 2. The Labute approximate surface area is 173 Å². The van der Waals surface area contributed by atoms with Crippen molar-refractivity contribution in [3.8, 4) is 0 Å². The molecule has 0 spiro atoms. The number of likely N-dealkylation sites (N-methyl/N-ethyl adjacent to an activating group) is 2. The summed E-state index contributed by atoms with van der Waals surface area (Å²) in [5.41, 5.74) is 2.30. The molecule has 1 N–H and O–H groups in total. The van der Waals surface area contributed by atoms with Crippen LogP contribution in [-0.2, 0) is 4.79 Å². The van der Waals surface area contributed by atoms with Gasteiger partial charge in [0.2, 0.25) is 5.91 Å². The summed E-state index contributed by atoms with van der Waals surface area (Å²) in [5.74, 6) is 0.0144. The van der Waals surface area contributed by atoms with Crippen LogP contribution in [0.4, 0.5) is 5.69 Å². The summed E-state index contributed by atoms with van der Waals surface area (Å²) in [7, 11) is 5.87. The van der Waals surface area contributed by atoms with Gasteiger partial charge in [-0.05, 0) is 51.0 Å². The maximum Gasteiger partial charge on any atom is 0.246 e. The molecule has 2 aromatic rings. The Kier molecular flexibility index (Phi) is 7.14. The van der Waals surface area contributed by atoms with E-state index in [1.54, 1.807) is 24.3 Å². The average molecular weight is 395 g/mol. The number of amides is 1. The number of hydrogen-bond donors (Lipinski definition) is 1. The van der Waals surface area contributed by atoms with Gasteiger partial charge in [-0.1, -0.05) is 30.3 Å². The van der Waals surface area contributed by atoms with Crippen LogP contribution in [0.2, 0.25) is 0 Å². The van der Waals surface area contributed by atoms with Crippen LogP contribution < -0.4 is 5.32 Å². The quantitative estimate of drug-likeness (QED) is 0.731. The molecule has 0 aromatic heterocycles. The standard InChI is InChI=1S/C23H30N4O2/c1-25(2)22(19-7-5-4-6-8-19)23(29)24-20-11-9-18(10-12-20)21(28)17-27-15-13-26(3)14-16-27/h4-12,22H,13-17H2,1-3H3,(H,24,29). The average Bonchev–Trinajstić information content (AvgIpc) is 2.71. The van der Waals surface area contributed by atoms with Crippen LogP contribution in [-0.4, -0.2) is 80.3 Å². The van der Waals surface area contributed by atoms with Gasteiger partial charge in [-0.3, -0.25) is 19.4 Å². The molecule has 2 aromatic carbocycles. The lowest BCUT2D eigenvalue weighted by molar-refractivity contribution is -0.120. The van der Waals surface area contributed by atoms with Gasteiger partial charge in [0.1, 0.15) is 6.04 Å². The SMILES string of the molecule is CN1CCN(CC(=O)c2ccc(NC(=O)C(c3ccccc3)N(C)C)cc2)CC1. The molecular weight excluding hydrogens is 364 g/mol. The van der Waals surface area contributed by atoms with E-state index in [0.717, 1.165) is 31.7 Å². The number of Topliss-reactive ketones (excluding diaryl/α,β-unsaturated/α-hetero) is 1. The highest BCUT2D eigenvalue weighted by Crippen LogP contribution is 2.21. The first-order valence-corrected chi connectivity index (χ1v) is 10.0. The first-order chi connectivity index (χ1) is 13.9. The molecule has 1 fully saturated rings. The molecular formula is C23H30N4O2. The van der Waals surface area contributed by atoms with Crippen molar-refractivity contribution in [3.63, 3.8) is 0 Å². The second-order valence-corrected chi connectivity index (χ2v) is 7.85. The van der Waals surface area contributed by atoms with E-state index in [1.807, 2.05) is 49.3 Å². The fourth-order valence-electron chi connectivity index (χ4n) is 3.57. The van der Waals surface area contributed by atoms with E-state index in [2.05, 4.69) is 22.2 Å². The monoisotopic (exact) mass is 394 g/mol. The summed E-state index contributed by atoms with van der Waals surface area (Å²) in [6, 6.07) is 16.5. The van der Waals surface area contributed by atoms with Gasteiger partial charge in [0.05, 0.1) is 6.54 Å². The van der Waals surface area contributed by atoms with Crippen molar-refractivity contribution in [1.82, 2.24) is 14.7 Å². The number of hydrogen-bond acceptors (Lipinski definition) is 5. The molecule has 0 aliphatic carbocycles. The minimum absolute atomic E-state index is 0.0993. The van der Waals surface area contributed by atoms with Gasteiger partial charge < -0.3 is 10.2 Å². The molecule has 1 unspecified atom stereocenters. The minimum Gasteiger partial charge on any atom is -0.324 e. The zero-order valence-electron chi connectivity index (χ0n) is 17.5. The van der Waals surface area contributed by atoms with Crippen molar-refractivity contribution in [1.29, 1.82) is 0 Å². The smallest absolute Gasteiger partial charge is 0.246 e. The predicted molar refractivity (Wildman–Crippen MR) is 116 cm³/mol. The van der Waals surface area contributed by atoms with Crippen molar-refractivity contribution in [2.24, 2.45) is 0 Å². The summed E-state index contributed by atoms with van der Waals surface area (Å²) in [4.78, 5) is 31.7. The third-order valence-corrected chi connectivity index (χ3v) is 5.32. The molecule has 0 bridgehead atoms. The van der Waals surface area contributed by atoms with Crippen molar-refractivity contribution >= 4 is 17.4 Å². The first-order valence-electron chi connectivity index (χ1n) is 10.0. The van der Waals surface area contributed by atoms with Crippen molar-refractivity contribution < 1.29 is 9.59 Å². The lowest BCUT2D eigenvalue weighted by atomic mass is 10.0. The maximum atomic E-state index is 12.8. The molecule has 1 atom stereocenters. The number of anilines is 1. The molecule has 1 amide bonds. The van der Waals surface area contributed by atoms with Crippen LogP contribution in [0.3, 0.4) is 0 Å². The molecule has 1 saturated heterocycles. The molecule has 1 aliphatic rings. The summed E-state index contributed by atoms with van der Waals surface area (Å²) < 4.78 is 0. The molecule has 1 aliphatic heterocycles. The zero-order valence-corrected chi connectivity index (χ0v) is 17.5. The number of rotatable bonds is 7. The molecule has 29 heavy (non-hydrogen) atoms. The summed E-state index contributed by atoms with van der Waals surface area (Å²) in [6.07, 6.45) is 0. The molecule has 3 rings (SSSR count). The van der Waals surface area contributed by atoms with Crippen LogP contribution in [0.5, 0.6) is 0 Å². The fourth-order valence-corrected chi connectivity index (χ4v) is 3.57. The highest BCUT2D eigenvalue weighted by Gasteiger charge is 2.23. The number of carbonyl (C=O) groups is 2. The third-order valence-electron chi connectivity index (χ3n) is 5.32. The number of nitrogens with zero attached hydrogens (tertiary/aromatic N) is 3. The Bertz CT molecular complexity index is 813. The largest absolute Gasteiger partial charge is 0.324 e. The number of piperazine rings is 1. The lowest BCUT2D eigenvalue weighted by Crippen LogP contribution is -2.46. The second kappa shape index (κ2) is 9.78. The van der Waals surface area contributed by atoms with Crippen molar-refractivity contribution in [3.05, 3.63) is 65.7 Å². The number of ketones is 1. The summed E-state index contributed by atoms with van der Waals surface area (Å²) in [6.45, 7) is 4.26. The Morgan fingerprint density at radius 2 is 1.59 bits per heavy atom. The Hall–Kier alpha value is -2.54. The number of nitrogens with one attached hydrogen (secondary N) is 1. The molecule has 6 heteroatoms. The van der Waals surface area contributed by atoms with Gasteiger partial charge in [-0.15, -0.1) is 0 Å². The van der Waals surface area contributed by atoms with Gasteiger partial charge in [0, 0.05) is 37.4 Å². The minimum atomic E-state index is -0.380. The molecule has 0 saturated carbocycles.